The highest BCUT2D eigenvalue weighted by Gasteiger charge is 2.33. The number of carbonyl (C=O) groups is 3. The van der Waals surface area contributed by atoms with Gasteiger partial charge in [-0.15, -0.1) is 0 Å². The first-order valence-corrected chi connectivity index (χ1v) is 15.8. The number of amides is 3. The Labute approximate surface area is 264 Å². The number of nitrogens with zero attached hydrogens (tertiary/aromatic N) is 1. The number of hydrogen-bond acceptors (Lipinski definition) is 6. The molecule has 0 bridgehead atoms. The molecule has 9 nitrogen and oxygen atoms in total. The molecule has 2 aromatic carbocycles. The second-order valence-electron chi connectivity index (χ2n) is 13.0. The smallest absolute Gasteiger partial charge is 0.407 e. The zero-order valence-corrected chi connectivity index (χ0v) is 27.6. The first kappa shape index (κ1) is 36.8. The Balaban J connectivity index is 2.28. The van der Waals surface area contributed by atoms with E-state index in [1.54, 1.807) is 20.8 Å². The maximum Gasteiger partial charge on any atom is 0.407 e. The summed E-state index contributed by atoms with van der Waals surface area (Å²) in [4.78, 5) is 42.0. The van der Waals surface area contributed by atoms with Crippen LogP contribution in [0, 0.1) is 11.8 Å². The lowest BCUT2D eigenvalue weighted by Crippen LogP contribution is -2.53. The van der Waals surface area contributed by atoms with Gasteiger partial charge in [0.25, 0.3) is 0 Å². The Morgan fingerprint density at radius 2 is 1.45 bits per heavy atom. The van der Waals surface area contributed by atoms with Gasteiger partial charge < -0.3 is 30.7 Å². The van der Waals surface area contributed by atoms with Crippen molar-refractivity contribution in [2.45, 2.75) is 90.5 Å². The van der Waals surface area contributed by atoms with Gasteiger partial charge >= 0.3 is 6.09 Å². The van der Waals surface area contributed by atoms with Gasteiger partial charge in [0.05, 0.1) is 12.1 Å². The van der Waals surface area contributed by atoms with Crippen molar-refractivity contribution in [3.8, 4) is 0 Å². The van der Waals surface area contributed by atoms with Gasteiger partial charge in [0.15, 0.2) is 0 Å². The van der Waals surface area contributed by atoms with E-state index >= 15 is 0 Å². The molecule has 244 valence electrons. The Kier molecular flexibility index (Phi) is 15.4. The molecule has 2 rings (SSSR count). The third-order valence-corrected chi connectivity index (χ3v) is 7.56. The molecular weight excluding hydrogens is 556 g/mol. The largest absolute Gasteiger partial charge is 0.444 e. The van der Waals surface area contributed by atoms with Crippen LogP contribution in [0.3, 0.4) is 0 Å². The molecule has 0 aromatic heterocycles. The van der Waals surface area contributed by atoms with Crippen LogP contribution in [0.1, 0.15) is 65.0 Å². The van der Waals surface area contributed by atoms with Gasteiger partial charge in [0.2, 0.25) is 11.8 Å². The molecule has 0 radical (unpaired) electrons. The number of benzene rings is 2. The van der Waals surface area contributed by atoms with Crippen LogP contribution < -0.4 is 16.0 Å². The predicted octanol–water partition coefficient (Wildman–Crippen LogP) is 4.33. The molecule has 3 amide bonds. The monoisotopic (exact) mass is 610 g/mol. The van der Waals surface area contributed by atoms with Crippen molar-refractivity contribution < 1.29 is 24.2 Å². The summed E-state index contributed by atoms with van der Waals surface area (Å²) >= 11 is 0. The molecular formula is C35H54N4O5. The van der Waals surface area contributed by atoms with E-state index in [2.05, 4.69) is 20.9 Å². The average Bonchev–Trinajstić information content (AvgIpc) is 2.96. The van der Waals surface area contributed by atoms with Crippen molar-refractivity contribution in [2.75, 3.05) is 27.2 Å². The summed E-state index contributed by atoms with van der Waals surface area (Å²) in [5.74, 6) is -1.26. The van der Waals surface area contributed by atoms with Crippen LogP contribution >= 0.6 is 0 Å². The Hall–Kier alpha value is -3.43. The van der Waals surface area contributed by atoms with Crippen LogP contribution in [0.4, 0.5) is 4.79 Å². The number of aliphatic hydroxyl groups is 1. The van der Waals surface area contributed by atoms with Crippen LogP contribution in [0.25, 0.3) is 0 Å². The maximum atomic E-state index is 13.9. The number of rotatable bonds is 17. The third-order valence-electron chi connectivity index (χ3n) is 7.56. The van der Waals surface area contributed by atoms with Crippen molar-refractivity contribution >= 4 is 17.9 Å². The topological polar surface area (TPSA) is 120 Å². The van der Waals surface area contributed by atoms with Crippen molar-refractivity contribution in [3.05, 3.63) is 71.8 Å². The second kappa shape index (κ2) is 18.4. The number of carbonyl (C=O) groups excluding carboxylic acids is 3. The van der Waals surface area contributed by atoms with Gasteiger partial charge in [-0.05, 0) is 84.1 Å². The quantitative estimate of drug-likeness (QED) is 0.198. The van der Waals surface area contributed by atoms with E-state index in [1.165, 1.54) is 0 Å². The highest BCUT2D eigenvalue weighted by Crippen LogP contribution is 2.20. The number of ether oxygens (including phenoxy) is 1. The summed E-state index contributed by atoms with van der Waals surface area (Å²) < 4.78 is 5.49. The zero-order chi connectivity index (χ0) is 32.7. The van der Waals surface area contributed by atoms with Gasteiger partial charge in [0.1, 0.15) is 11.6 Å². The molecule has 0 aliphatic heterocycles. The Bertz CT molecular complexity index is 1140. The van der Waals surface area contributed by atoms with E-state index in [9.17, 15) is 19.5 Å². The van der Waals surface area contributed by atoms with E-state index in [0.29, 0.717) is 25.8 Å². The molecule has 0 saturated heterocycles. The lowest BCUT2D eigenvalue weighted by Gasteiger charge is -2.30. The fraction of sp³-hybridized carbons (Fsp3) is 0.571. The van der Waals surface area contributed by atoms with E-state index in [1.807, 2.05) is 88.6 Å². The van der Waals surface area contributed by atoms with Crippen molar-refractivity contribution in [2.24, 2.45) is 11.8 Å². The average molecular weight is 611 g/mol. The van der Waals surface area contributed by atoms with Gasteiger partial charge in [-0.2, -0.15) is 0 Å². The number of alkyl carbamates (subject to hydrolysis) is 1. The van der Waals surface area contributed by atoms with Gasteiger partial charge in [-0.1, -0.05) is 80.9 Å². The molecule has 0 spiro atoms. The predicted molar refractivity (Wildman–Crippen MR) is 175 cm³/mol. The molecule has 0 saturated carbocycles. The molecule has 0 unspecified atom stereocenters. The molecule has 0 fully saturated rings. The summed E-state index contributed by atoms with van der Waals surface area (Å²) in [5, 5.41) is 20.4. The van der Waals surface area contributed by atoms with Gasteiger partial charge in [0, 0.05) is 12.5 Å². The summed E-state index contributed by atoms with van der Waals surface area (Å²) in [6, 6.07) is 17.8. The highest BCUT2D eigenvalue weighted by molar-refractivity contribution is 5.88. The third kappa shape index (κ3) is 13.9. The first-order chi connectivity index (χ1) is 20.8. The van der Waals surface area contributed by atoms with E-state index in [-0.39, 0.29) is 24.2 Å². The molecule has 0 aliphatic rings. The number of aliphatic hydroxyl groups excluding tert-OH is 1. The molecule has 2 aromatic rings. The first-order valence-electron chi connectivity index (χ1n) is 15.8. The summed E-state index contributed by atoms with van der Waals surface area (Å²) in [7, 11) is 3.97. The van der Waals surface area contributed by atoms with Crippen LogP contribution in [0.15, 0.2) is 60.7 Å². The van der Waals surface area contributed by atoms with Crippen LogP contribution in [0.2, 0.25) is 0 Å². The minimum absolute atomic E-state index is 0.0751. The van der Waals surface area contributed by atoms with Crippen LogP contribution in [-0.4, -0.2) is 78.9 Å². The molecule has 5 atom stereocenters. The zero-order valence-electron chi connectivity index (χ0n) is 27.6. The van der Waals surface area contributed by atoms with E-state index < -0.39 is 35.8 Å². The van der Waals surface area contributed by atoms with Crippen molar-refractivity contribution in [1.29, 1.82) is 0 Å². The normalized spacial score (nSPS) is 15.0. The fourth-order valence-electron chi connectivity index (χ4n) is 4.94. The Morgan fingerprint density at radius 1 is 0.886 bits per heavy atom. The van der Waals surface area contributed by atoms with Gasteiger partial charge in [-0.25, -0.2) is 4.79 Å². The van der Waals surface area contributed by atoms with Gasteiger partial charge in [-0.3, -0.25) is 9.59 Å². The van der Waals surface area contributed by atoms with Crippen molar-refractivity contribution in [1.82, 2.24) is 20.9 Å². The fourth-order valence-corrected chi connectivity index (χ4v) is 4.94. The second-order valence-corrected chi connectivity index (χ2v) is 13.0. The highest BCUT2D eigenvalue weighted by atomic mass is 16.6. The summed E-state index contributed by atoms with van der Waals surface area (Å²) in [6.45, 7) is 10.6. The molecule has 0 aliphatic carbocycles. The van der Waals surface area contributed by atoms with E-state index in [0.717, 1.165) is 24.1 Å². The summed E-state index contributed by atoms with van der Waals surface area (Å²) in [6.07, 6.45) is 0.606. The number of nitrogens with one attached hydrogen (secondary N) is 3. The maximum absolute atomic E-state index is 13.9. The molecule has 0 heterocycles. The van der Waals surface area contributed by atoms with Crippen molar-refractivity contribution in [3.63, 3.8) is 0 Å². The van der Waals surface area contributed by atoms with Crippen LogP contribution in [-0.2, 0) is 27.2 Å². The molecule has 44 heavy (non-hydrogen) atoms. The SMILES string of the molecule is CC[C@H](C)[C@H](NC(=O)[C@@H](Cc1ccccc1)C[C@H](O)[C@H](Cc1ccccc1)NC(=O)OC(C)(C)C)C(=O)NCCCN(C)C. The lowest BCUT2D eigenvalue weighted by molar-refractivity contribution is -0.133. The van der Waals surface area contributed by atoms with Crippen LogP contribution in [0.5, 0.6) is 0 Å². The minimum atomic E-state index is -1.07. The standard InChI is InChI=1S/C35H54N4O5/c1-8-25(2)31(33(42)36-20-15-21-39(6)7)38-32(41)28(22-26-16-11-9-12-17-26)24-30(40)29(23-27-18-13-10-14-19-27)37-34(43)44-35(3,4)5/h9-14,16-19,25,28-31,40H,8,15,20-24H2,1-7H3,(H,36,42)(H,37,43)(H,38,41)/t25-,28-,29-,30-,31-/m0/s1. The lowest BCUT2D eigenvalue weighted by atomic mass is 9.88. The Morgan fingerprint density at radius 3 is 1.98 bits per heavy atom. The summed E-state index contributed by atoms with van der Waals surface area (Å²) in [5.41, 5.74) is 1.16. The van der Waals surface area contributed by atoms with E-state index in [4.69, 9.17) is 4.74 Å². The minimum Gasteiger partial charge on any atom is -0.444 e. The molecule has 4 N–H and O–H groups in total. The molecule has 9 heteroatoms. The number of hydrogen-bond donors (Lipinski definition) is 4.